The zero-order valence-corrected chi connectivity index (χ0v) is 23.1. The van der Waals surface area contributed by atoms with Crippen molar-refractivity contribution in [3.8, 4) is 0 Å². The molecule has 0 atom stereocenters. The number of hydrogen-bond donors (Lipinski definition) is 0. The first kappa shape index (κ1) is 28.4. The van der Waals surface area contributed by atoms with Gasteiger partial charge in [-0.2, -0.15) is 0 Å². The van der Waals surface area contributed by atoms with E-state index in [2.05, 4.69) is 40.0 Å². The van der Waals surface area contributed by atoms with E-state index in [1.807, 2.05) is 0 Å². The second-order valence-electron chi connectivity index (χ2n) is 11.3. The molecule has 0 fully saturated rings. The van der Waals surface area contributed by atoms with Crippen LogP contribution < -0.4 is 0 Å². The fraction of sp³-hybridized carbons (Fsp3) is 1.00. The Morgan fingerprint density at radius 2 is 0.571 bits per heavy atom. The molecule has 0 heterocycles. The lowest BCUT2D eigenvalue weighted by Gasteiger charge is -2.29. The monoisotopic (exact) mass is 426 g/mol. The Labute approximate surface area is 183 Å². The molecular weight excluding hydrogens is 368 g/mol. The van der Waals surface area contributed by atoms with E-state index in [0.29, 0.717) is 0 Å². The standard InChI is InChI=1S/C26H58Si2/c1-7-9-11-13-15-16-18-20-22-24-28(5,6)26-25-27(3,4)23-21-19-17-14-12-10-8-2/h7-26H2,1-6H3. The Morgan fingerprint density at radius 3 is 0.857 bits per heavy atom. The summed E-state index contributed by atoms with van der Waals surface area (Å²) >= 11 is 0. The molecule has 0 aliphatic heterocycles. The fourth-order valence-electron chi connectivity index (χ4n) is 4.40. The molecule has 0 N–H and O–H groups in total. The Kier molecular flexibility index (Phi) is 18.5. The van der Waals surface area contributed by atoms with Gasteiger partial charge in [0.25, 0.3) is 0 Å². The van der Waals surface area contributed by atoms with Crippen molar-refractivity contribution in [1.82, 2.24) is 0 Å². The van der Waals surface area contributed by atoms with Gasteiger partial charge in [-0.15, -0.1) is 0 Å². The maximum Gasteiger partial charge on any atom is 0.0470 e. The summed E-state index contributed by atoms with van der Waals surface area (Å²) in [4.78, 5) is 0. The maximum absolute atomic E-state index is 2.68. The highest BCUT2D eigenvalue weighted by molar-refractivity contribution is 6.82. The first-order valence-corrected chi connectivity index (χ1v) is 20.2. The van der Waals surface area contributed by atoms with Crippen LogP contribution in [-0.4, -0.2) is 16.1 Å². The Balaban J connectivity index is 3.68. The summed E-state index contributed by atoms with van der Waals surface area (Å²) in [5, 5.41) is 0. The van der Waals surface area contributed by atoms with Gasteiger partial charge in [0.2, 0.25) is 0 Å². The van der Waals surface area contributed by atoms with Crippen LogP contribution in [0, 0.1) is 0 Å². The molecule has 28 heavy (non-hydrogen) atoms. The highest BCUT2D eigenvalue weighted by Crippen LogP contribution is 2.29. The van der Waals surface area contributed by atoms with Crippen molar-refractivity contribution in [2.24, 2.45) is 0 Å². The molecule has 0 saturated heterocycles. The summed E-state index contributed by atoms with van der Waals surface area (Å²) in [5.41, 5.74) is 0. The van der Waals surface area contributed by atoms with Crippen LogP contribution in [0.4, 0.5) is 0 Å². The largest absolute Gasteiger partial charge is 0.0694 e. The Bertz CT molecular complexity index is 322. The van der Waals surface area contributed by atoms with E-state index in [0.717, 1.165) is 0 Å². The van der Waals surface area contributed by atoms with Crippen LogP contribution in [0.5, 0.6) is 0 Å². The first-order chi connectivity index (χ1) is 13.3. The van der Waals surface area contributed by atoms with E-state index in [1.165, 1.54) is 103 Å². The normalized spacial score (nSPS) is 12.6. The Hall–Kier alpha value is 0.434. The molecule has 0 aromatic heterocycles. The maximum atomic E-state index is 2.68. The zero-order chi connectivity index (χ0) is 21.1. The van der Waals surface area contributed by atoms with Crippen LogP contribution in [0.25, 0.3) is 0 Å². The average Bonchev–Trinajstić information content (AvgIpc) is 2.64. The third-order valence-electron chi connectivity index (χ3n) is 6.89. The van der Waals surface area contributed by atoms with E-state index in [1.54, 1.807) is 24.2 Å². The zero-order valence-electron chi connectivity index (χ0n) is 21.1. The van der Waals surface area contributed by atoms with Gasteiger partial charge >= 0.3 is 0 Å². The van der Waals surface area contributed by atoms with Gasteiger partial charge in [-0.05, 0) is 0 Å². The van der Waals surface area contributed by atoms with Gasteiger partial charge in [0, 0.05) is 16.1 Å². The molecule has 0 aromatic rings. The van der Waals surface area contributed by atoms with Crippen LogP contribution in [0.3, 0.4) is 0 Å². The Morgan fingerprint density at radius 1 is 0.321 bits per heavy atom. The summed E-state index contributed by atoms with van der Waals surface area (Å²) < 4.78 is 0. The number of unbranched alkanes of at least 4 members (excludes halogenated alkanes) is 14. The topological polar surface area (TPSA) is 0 Å². The van der Waals surface area contributed by atoms with Gasteiger partial charge in [0.1, 0.15) is 0 Å². The van der Waals surface area contributed by atoms with E-state index in [-0.39, 0.29) is 0 Å². The minimum absolute atomic E-state index is 0.930. The van der Waals surface area contributed by atoms with Crippen molar-refractivity contribution >= 4 is 16.1 Å². The van der Waals surface area contributed by atoms with Gasteiger partial charge in [0.05, 0.1) is 0 Å². The predicted octanol–water partition coefficient (Wildman–Crippen LogP) is 10.7. The second kappa shape index (κ2) is 18.2. The van der Waals surface area contributed by atoms with Crippen molar-refractivity contribution in [3.63, 3.8) is 0 Å². The minimum atomic E-state index is -0.934. The van der Waals surface area contributed by atoms with Crippen LogP contribution in [0.2, 0.25) is 50.4 Å². The molecule has 0 nitrogen and oxygen atoms in total. The SMILES string of the molecule is CCCCCCCCCCC[Si](C)(C)CC[Si](C)(C)CCCCCCCCC. The van der Waals surface area contributed by atoms with Gasteiger partial charge in [-0.25, -0.2) is 0 Å². The molecule has 170 valence electrons. The summed E-state index contributed by atoms with van der Waals surface area (Å²) in [6.07, 6.45) is 23.5. The van der Waals surface area contributed by atoms with E-state index < -0.39 is 16.1 Å². The average molecular weight is 427 g/mol. The number of hydrogen-bond acceptors (Lipinski definition) is 0. The van der Waals surface area contributed by atoms with E-state index in [4.69, 9.17) is 0 Å². The van der Waals surface area contributed by atoms with Crippen LogP contribution in [0.15, 0.2) is 0 Å². The molecule has 0 unspecified atom stereocenters. The molecule has 0 aliphatic rings. The molecule has 2 heteroatoms. The van der Waals surface area contributed by atoms with Gasteiger partial charge < -0.3 is 0 Å². The second-order valence-corrected chi connectivity index (χ2v) is 21.9. The molecule has 0 bridgehead atoms. The molecule has 0 aromatic carbocycles. The molecule has 0 amide bonds. The molecule has 0 aliphatic carbocycles. The smallest absolute Gasteiger partial charge is 0.0470 e. The molecule has 0 radical (unpaired) electrons. The van der Waals surface area contributed by atoms with Crippen molar-refractivity contribution in [2.45, 2.75) is 167 Å². The summed E-state index contributed by atoms with van der Waals surface area (Å²) in [7, 11) is -1.86. The predicted molar refractivity (Wildman–Crippen MR) is 139 cm³/mol. The lowest BCUT2D eigenvalue weighted by Crippen LogP contribution is -2.32. The highest BCUT2D eigenvalue weighted by Gasteiger charge is 2.26. The minimum Gasteiger partial charge on any atom is -0.0694 e. The van der Waals surface area contributed by atoms with Crippen LogP contribution in [0.1, 0.15) is 117 Å². The molecule has 0 rings (SSSR count). The highest BCUT2D eigenvalue weighted by atomic mass is 28.3. The third kappa shape index (κ3) is 19.7. The van der Waals surface area contributed by atoms with Crippen LogP contribution >= 0.6 is 0 Å². The van der Waals surface area contributed by atoms with Gasteiger partial charge in [-0.1, -0.05) is 167 Å². The first-order valence-electron chi connectivity index (χ1n) is 13.3. The van der Waals surface area contributed by atoms with Gasteiger partial charge in [0.15, 0.2) is 0 Å². The number of rotatable bonds is 21. The lowest BCUT2D eigenvalue weighted by atomic mass is 10.1. The van der Waals surface area contributed by atoms with E-state index in [9.17, 15) is 0 Å². The molecule has 0 spiro atoms. The van der Waals surface area contributed by atoms with Crippen molar-refractivity contribution in [3.05, 3.63) is 0 Å². The molecular formula is C26H58Si2. The molecule has 0 saturated carbocycles. The summed E-state index contributed by atoms with van der Waals surface area (Å²) in [6.45, 7) is 15.3. The van der Waals surface area contributed by atoms with Crippen molar-refractivity contribution in [2.75, 3.05) is 0 Å². The third-order valence-corrected chi connectivity index (χ3v) is 14.0. The summed E-state index contributed by atoms with van der Waals surface area (Å²) in [5.74, 6) is 0. The lowest BCUT2D eigenvalue weighted by molar-refractivity contribution is 0.571. The fourth-order valence-corrected chi connectivity index (χ4v) is 12.7. The quantitative estimate of drug-likeness (QED) is 0.126. The summed E-state index contributed by atoms with van der Waals surface area (Å²) in [6, 6.07) is 6.40. The van der Waals surface area contributed by atoms with E-state index >= 15 is 0 Å². The van der Waals surface area contributed by atoms with Gasteiger partial charge in [-0.3, -0.25) is 0 Å². The van der Waals surface area contributed by atoms with Crippen LogP contribution in [-0.2, 0) is 0 Å². The van der Waals surface area contributed by atoms with Crippen molar-refractivity contribution < 1.29 is 0 Å². The van der Waals surface area contributed by atoms with Crippen molar-refractivity contribution in [1.29, 1.82) is 0 Å².